The van der Waals surface area contributed by atoms with Crippen molar-refractivity contribution in [2.75, 3.05) is 7.05 Å². The first-order chi connectivity index (χ1) is 7.22. The van der Waals surface area contributed by atoms with Crippen LogP contribution in [0.2, 0.25) is 0 Å². The lowest BCUT2D eigenvalue weighted by molar-refractivity contribution is 0.0698. The summed E-state index contributed by atoms with van der Waals surface area (Å²) in [6.07, 6.45) is 0. The minimum absolute atomic E-state index is 0.204. The van der Waals surface area contributed by atoms with Crippen LogP contribution in [-0.2, 0) is 6.54 Å². The summed E-state index contributed by atoms with van der Waals surface area (Å²) in [4.78, 5) is 10.9. The summed E-state index contributed by atoms with van der Waals surface area (Å²) < 4.78 is 5.46. The number of fused-ring (bicyclic) bond motifs is 1. The van der Waals surface area contributed by atoms with Gasteiger partial charge in [0, 0.05) is 5.39 Å². The normalized spacial score (nSPS) is 10.7. The molecule has 15 heavy (non-hydrogen) atoms. The highest BCUT2D eigenvalue weighted by Gasteiger charge is 2.12. The van der Waals surface area contributed by atoms with Crippen molar-refractivity contribution in [3.63, 3.8) is 0 Å². The lowest BCUT2D eigenvalue weighted by Gasteiger charge is -1.95. The zero-order valence-corrected chi connectivity index (χ0v) is 8.28. The smallest absolute Gasteiger partial charge is 0.339 e. The van der Waals surface area contributed by atoms with Crippen LogP contribution >= 0.6 is 0 Å². The molecule has 0 radical (unpaired) electrons. The van der Waals surface area contributed by atoms with Gasteiger partial charge in [-0.1, -0.05) is 12.1 Å². The summed E-state index contributed by atoms with van der Waals surface area (Å²) in [5.74, 6) is -0.229. The minimum atomic E-state index is -0.967. The van der Waals surface area contributed by atoms with Gasteiger partial charge in [-0.15, -0.1) is 0 Å². The van der Waals surface area contributed by atoms with Crippen LogP contribution in [0.5, 0.6) is 0 Å². The maximum atomic E-state index is 10.9. The van der Waals surface area contributed by atoms with Crippen molar-refractivity contribution < 1.29 is 14.3 Å². The van der Waals surface area contributed by atoms with Crippen molar-refractivity contribution in [2.45, 2.75) is 6.54 Å². The molecule has 4 nitrogen and oxygen atoms in total. The van der Waals surface area contributed by atoms with Gasteiger partial charge < -0.3 is 14.8 Å². The average molecular weight is 205 g/mol. The Morgan fingerprint density at radius 3 is 3.00 bits per heavy atom. The monoisotopic (exact) mass is 205 g/mol. The first-order valence-corrected chi connectivity index (χ1v) is 4.61. The Hall–Kier alpha value is -1.81. The predicted octanol–water partition coefficient (Wildman–Crippen LogP) is 1.85. The van der Waals surface area contributed by atoms with Crippen molar-refractivity contribution in [2.24, 2.45) is 0 Å². The largest absolute Gasteiger partial charge is 0.478 e. The van der Waals surface area contributed by atoms with Gasteiger partial charge in [-0.25, -0.2) is 4.79 Å². The third kappa shape index (κ3) is 1.71. The molecule has 0 saturated heterocycles. The van der Waals surface area contributed by atoms with E-state index in [9.17, 15) is 4.79 Å². The van der Waals surface area contributed by atoms with Crippen molar-refractivity contribution in [3.8, 4) is 0 Å². The van der Waals surface area contributed by atoms with Crippen LogP contribution in [0, 0.1) is 0 Å². The van der Waals surface area contributed by atoms with Crippen LogP contribution < -0.4 is 5.32 Å². The third-order valence-corrected chi connectivity index (χ3v) is 2.18. The molecule has 1 aromatic heterocycles. The predicted molar refractivity (Wildman–Crippen MR) is 55.9 cm³/mol. The second-order valence-corrected chi connectivity index (χ2v) is 3.27. The maximum absolute atomic E-state index is 10.9. The van der Waals surface area contributed by atoms with E-state index < -0.39 is 5.97 Å². The zero-order valence-electron chi connectivity index (χ0n) is 8.28. The molecule has 0 aliphatic carbocycles. The molecule has 4 heteroatoms. The standard InChI is InChI=1S/C11H11NO3/c1-12-6-8-5-7-3-2-4-9(11(13)14)10(7)15-8/h2-5,12H,6H2,1H3,(H,13,14). The molecule has 2 aromatic rings. The highest BCUT2D eigenvalue weighted by molar-refractivity contribution is 6.01. The molecule has 0 bridgehead atoms. The number of hydrogen-bond donors (Lipinski definition) is 2. The van der Waals surface area contributed by atoms with E-state index in [-0.39, 0.29) is 5.56 Å². The fourth-order valence-electron chi connectivity index (χ4n) is 1.55. The molecule has 0 saturated carbocycles. The van der Waals surface area contributed by atoms with Crippen molar-refractivity contribution in [1.82, 2.24) is 5.32 Å². The molecular formula is C11H11NO3. The minimum Gasteiger partial charge on any atom is -0.478 e. The molecule has 0 spiro atoms. The van der Waals surface area contributed by atoms with Crippen LogP contribution in [0.3, 0.4) is 0 Å². The average Bonchev–Trinajstić information content (AvgIpc) is 2.59. The molecule has 2 N–H and O–H groups in total. The highest BCUT2D eigenvalue weighted by atomic mass is 16.4. The van der Waals surface area contributed by atoms with E-state index in [0.717, 1.165) is 11.1 Å². The number of carboxylic acids is 1. The first-order valence-electron chi connectivity index (χ1n) is 4.61. The third-order valence-electron chi connectivity index (χ3n) is 2.18. The maximum Gasteiger partial charge on any atom is 0.339 e. The Morgan fingerprint density at radius 2 is 2.33 bits per heavy atom. The molecule has 78 valence electrons. The number of nitrogens with one attached hydrogen (secondary N) is 1. The van der Waals surface area contributed by atoms with E-state index in [1.54, 1.807) is 6.07 Å². The summed E-state index contributed by atoms with van der Waals surface area (Å²) in [7, 11) is 1.81. The van der Waals surface area contributed by atoms with Crippen LogP contribution in [0.4, 0.5) is 0 Å². The second-order valence-electron chi connectivity index (χ2n) is 3.27. The number of rotatable bonds is 3. The van der Waals surface area contributed by atoms with Crippen LogP contribution in [0.25, 0.3) is 11.0 Å². The van der Waals surface area contributed by atoms with Gasteiger partial charge in [0.2, 0.25) is 0 Å². The van der Waals surface area contributed by atoms with Crippen molar-refractivity contribution in [1.29, 1.82) is 0 Å². The molecular weight excluding hydrogens is 194 g/mol. The highest BCUT2D eigenvalue weighted by Crippen LogP contribution is 2.23. The molecule has 0 aliphatic heterocycles. The fraction of sp³-hybridized carbons (Fsp3) is 0.182. The quantitative estimate of drug-likeness (QED) is 0.802. The number of carboxylic acid groups (broad SMARTS) is 1. The van der Waals surface area contributed by atoms with Gasteiger partial charge >= 0.3 is 5.97 Å². The van der Waals surface area contributed by atoms with Crippen LogP contribution in [0.15, 0.2) is 28.7 Å². The lowest BCUT2D eigenvalue weighted by atomic mass is 10.1. The molecule has 0 aliphatic rings. The summed E-state index contributed by atoms with van der Waals surface area (Å²) in [5, 5.41) is 12.7. The Kier molecular flexibility index (Phi) is 2.43. The molecule has 0 fully saturated rings. The summed E-state index contributed by atoms with van der Waals surface area (Å²) in [5.41, 5.74) is 0.644. The Labute approximate surface area is 86.5 Å². The first kappa shape index (κ1) is 9.73. The number of para-hydroxylation sites is 1. The van der Waals surface area contributed by atoms with E-state index in [1.165, 1.54) is 6.07 Å². The van der Waals surface area contributed by atoms with Crippen LogP contribution in [-0.4, -0.2) is 18.1 Å². The molecule has 0 atom stereocenters. The summed E-state index contributed by atoms with van der Waals surface area (Å²) >= 11 is 0. The van der Waals surface area contributed by atoms with Crippen molar-refractivity contribution in [3.05, 3.63) is 35.6 Å². The van der Waals surface area contributed by atoms with Gasteiger partial charge in [0.1, 0.15) is 16.9 Å². The Balaban J connectivity index is 2.59. The van der Waals surface area contributed by atoms with E-state index in [1.807, 2.05) is 19.2 Å². The van der Waals surface area contributed by atoms with Gasteiger partial charge in [0.25, 0.3) is 0 Å². The van der Waals surface area contributed by atoms with E-state index >= 15 is 0 Å². The molecule has 2 rings (SSSR count). The number of benzene rings is 1. The number of furan rings is 1. The van der Waals surface area contributed by atoms with E-state index in [4.69, 9.17) is 9.52 Å². The van der Waals surface area contributed by atoms with Crippen LogP contribution in [0.1, 0.15) is 16.1 Å². The van der Waals surface area contributed by atoms with Gasteiger partial charge in [-0.2, -0.15) is 0 Å². The molecule has 1 heterocycles. The van der Waals surface area contributed by atoms with E-state index in [0.29, 0.717) is 12.1 Å². The lowest BCUT2D eigenvalue weighted by Crippen LogP contribution is -2.03. The molecule has 1 aromatic carbocycles. The van der Waals surface area contributed by atoms with Gasteiger partial charge in [-0.05, 0) is 19.2 Å². The topological polar surface area (TPSA) is 62.5 Å². The summed E-state index contributed by atoms with van der Waals surface area (Å²) in [6.45, 7) is 0.591. The molecule has 0 unspecified atom stereocenters. The van der Waals surface area contributed by atoms with Gasteiger partial charge in [0.15, 0.2) is 0 Å². The number of aromatic carboxylic acids is 1. The Bertz CT molecular complexity index is 502. The fourth-order valence-corrected chi connectivity index (χ4v) is 1.55. The Morgan fingerprint density at radius 1 is 1.53 bits per heavy atom. The van der Waals surface area contributed by atoms with Crippen molar-refractivity contribution >= 4 is 16.9 Å². The number of hydrogen-bond acceptors (Lipinski definition) is 3. The zero-order chi connectivity index (χ0) is 10.8. The second kappa shape index (κ2) is 3.74. The van der Waals surface area contributed by atoms with Gasteiger partial charge in [0.05, 0.1) is 6.54 Å². The number of carbonyl (C=O) groups is 1. The SMILES string of the molecule is CNCc1cc2cccc(C(=O)O)c2o1. The van der Waals surface area contributed by atoms with E-state index in [2.05, 4.69) is 5.32 Å². The van der Waals surface area contributed by atoms with Gasteiger partial charge in [-0.3, -0.25) is 0 Å². The summed E-state index contributed by atoms with van der Waals surface area (Å²) in [6, 6.07) is 6.94. The molecule has 0 amide bonds.